The van der Waals surface area contributed by atoms with Gasteiger partial charge in [0.2, 0.25) is 0 Å². The van der Waals surface area contributed by atoms with Gasteiger partial charge in [0.15, 0.2) is 5.76 Å². The van der Waals surface area contributed by atoms with E-state index in [-0.39, 0.29) is 0 Å². The van der Waals surface area contributed by atoms with E-state index < -0.39 is 5.60 Å². The minimum absolute atomic E-state index is 0.528. The lowest BCUT2D eigenvalue weighted by molar-refractivity contribution is 0.0667. The van der Waals surface area contributed by atoms with Crippen molar-refractivity contribution < 1.29 is 9.63 Å². The highest BCUT2D eigenvalue weighted by molar-refractivity contribution is 4.95. The zero-order valence-electron chi connectivity index (χ0n) is 7.73. The van der Waals surface area contributed by atoms with Crippen LogP contribution in [0.2, 0.25) is 0 Å². The van der Waals surface area contributed by atoms with Crippen LogP contribution in [0.25, 0.3) is 0 Å². The first-order chi connectivity index (χ1) is 6.16. The van der Waals surface area contributed by atoms with E-state index in [1.807, 2.05) is 13.0 Å². The average Bonchev–Trinajstić information content (AvgIpc) is 2.61. The molecule has 1 aromatic rings. The summed E-state index contributed by atoms with van der Waals surface area (Å²) in [6.07, 6.45) is 2.48. The smallest absolute Gasteiger partial charge is 0.150 e. The average molecular weight is 182 g/mol. The van der Waals surface area contributed by atoms with Crippen molar-refractivity contribution in [1.82, 2.24) is 10.1 Å². The van der Waals surface area contributed by atoms with E-state index in [0.29, 0.717) is 6.54 Å². The molecule has 0 spiro atoms. The van der Waals surface area contributed by atoms with Gasteiger partial charge >= 0.3 is 0 Å². The van der Waals surface area contributed by atoms with Gasteiger partial charge in [-0.25, -0.2) is 0 Å². The summed E-state index contributed by atoms with van der Waals surface area (Å²) in [5.41, 5.74) is -0.528. The van der Waals surface area contributed by atoms with Gasteiger partial charge in [-0.05, 0) is 13.3 Å². The normalized spacial score (nSPS) is 29.7. The molecule has 1 saturated heterocycles. The zero-order valence-corrected chi connectivity index (χ0v) is 7.73. The van der Waals surface area contributed by atoms with Gasteiger partial charge in [0, 0.05) is 19.2 Å². The fraction of sp³-hybridized carbons (Fsp3) is 0.667. The Morgan fingerprint density at radius 2 is 2.62 bits per heavy atom. The van der Waals surface area contributed by atoms with Crippen molar-refractivity contribution in [1.29, 1.82) is 0 Å². The Morgan fingerprint density at radius 1 is 1.77 bits per heavy atom. The second-order valence-electron chi connectivity index (χ2n) is 3.94. The summed E-state index contributed by atoms with van der Waals surface area (Å²) < 4.78 is 4.99. The van der Waals surface area contributed by atoms with Crippen molar-refractivity contribution in [3.8, 4) is 0 Å². The highest BCUT2D eigenvalue weighted by Crippen LogP contribution is 2.21. The van der Waals surface area contributed by atoms with Crippen molar-refractivity contribution >= 4 is 0 Å². The molecule has 0 radical (unpaired) electrons. The second kappa shape index (κ2) is 3.12. The minimum Gasteiger partial charge on any atom is -0.389 e. The lowest BCUT2D eigenvalue weighted by Crippen LogP contribution is -2.29. The fourth-order valence-corrected chi connectivity index (χ4v) is 1.72. The molecule has 2 rings (SSSR count). The van der Waals surface area contributed by atoms with Crippen molar-refractivity contribution in [2.24, 2.45) is 0 Å². The molecule has 13 heavy (non-hydrogen) atoms. The van der Waals surface area contributed by atoms with Gasteiger partial charge < -0.3 is 9.63 Å². The van der Waals surface area contributed by atoms with Gasteiger partial charge in [-0.2, -0.15) is 0 Å². The lowest BCUT2D eigenvalue weighted by Gasteiger charge is -2.17. The fourth-order valence-electron chi connectivity index (χ4n) is 1.72. The molecular formula is C9H14N2O2. The van der Waals surface area contributed by atoms with Gasteiger partial charge in [0.25, 0.3) is 0 Å². The van der Waals surface area contributed by atoms with Crippen LogP contribution in [0.5, 0.6) is 0 Å². The molecule has 1 N–H and O–H groups in total. The lowest BCUT2D eigenvalue weighted by atomic mass is 10.1. The molecule has 0 saturated carbocycles. The molecule has 4 heteroatoms. The molecule has 1 atom stereocenters. The molecule has 0 aromatic carbocycles. The Balaban J connectivity index is 1.91. The summed E-state index contributed by atoms with van der Waals surface area (Å²) in [6.45, 7) is 4.25. The maximum Gasteiger partial charge on any atom is 0.150 e. The maximum absolute atomic E-state index is 9.71. The van der Waals surface area contributed by atoms with E-state index in [2.05, 4.69) is 10.1 Å². The van der Waals surface area contributed by atoms with Crippen LogP contribution in [-0.4, -0.2) is 33.9 Å². The van der Waals surface area contributed by atoms with E-state index in [1.54, 1.807) is 6.20 Å². The standard InChI is InChI=1S/C9H14N2O2/c1-9(12)3-5-11(7-9)6-8-2-4-10-13-8/h2,4,12H,3,5-7H2,1H3. The van der Waals surface area contributed by atoms with Crippen LogP contribution in [-0.2, 0) is 6.54 Å². The van der Waals surface area contributed by atoms with Gasteiger partial charge in [-0.1, -0.05) is 5.16 Å². The van der Waals surface area contributed by atoms with Crippen LogP contribution in [0.4, 0.5) is 0 Å². The predicted octanol–water partition coefficient (Wildman–Crippen LogP) is 0.631. The van der Waals surface area contributed by atoms with Gasteiger partial charge in [-0.3, -0.25) is 4.90 Å². The molecule has 1 aliphatic rings. The number of rotatable bonds is 2. The molecule has 0 bridgehead atoms. The molecule has 4 nitrogen and oxygen atoms in total. The van der Waals surface area contributed by atoms with E-state index in [4.69, 9.17) is 4.52 Å². The van der Waals surface area contributed by atoms with Gasteiger partial charge in [-0.15, -0.1) is 0 Å². The van der Waals surface area contributed by atoms with Crippen LogP contribution < -0.4 is 0 Å². The molecule has 1 unspecified atom stereocenters. The first-order valence-electron chi connectivity index (χ1n) is 4.50. The van der Waals surface area contributed by atoms with E-state index in [0.717, 1.165) is 25.3 Å². The summed E-state index contributed by atoms with van der Waals surface area (Å²) in [4.78, 5) is 2.17. The Kier molecular flexibility index (Phi) is 2.09. The predicted molar refractivity (Wildman–Crippen MR) is 47.0 cm³/mol. The third-order valence-corrected chi connectivity index (χ3v) is 2.40. The maximum atomic E-state index is 9.71. The molecular weight excluding hydrogens is 168 g/mol. The van der Waals surface area contributed by atoms with Crippen LogP contribution in [0.3, 0.4) is 0 Å². The van der Waals surface area contributed by atoms with E-state index >= 15 is 0 Å². The van der Waals surface area contributed by atoms with Crippen LogP contribution in [0.1, 0.15) is 19.1 Å². The van der Waals surface area contributed by atoms with Gasteiger partial charge in [0.05, 0.1) is 18.3 Å². The van der Waals surface area contributed by atoms with Crippen LogP contribution in [0, 0.1) is 0 Å². The summed E-state index contributed by atoms with van der Waals surface area (Å²) in [7, 11) is 0. The number of nitrogens with zero attached hydrogens (tertiary/aromatic N) is 2. The second-order valence-corrected chi connectivity index (χ2v) is 3.94. The highest BCUT2D eigenvalue weighted by atomic mass is 16.5. The van der Waals surface area contributed by atoms with Crippen molar-refractivity contribution in [3.05, 3.63) is 18.0 Å². The monoisotopic (exact) mass is 182 g/mol. The van der Waals surface area contributed by atoms with Crippen LogP contribution >= 0.6 is 0 Å². The summed E-state index contributed by atoms with van der Waals surface area (Å²) in [5.74, 6) is 0.859. The molecule has 0 amide bonds. The quantitative estimate of drug-likeness (QED) is 0.729. The molecule has 72 valence electrons. The largest absolute Gasteiger partial charge is 0.389 e. The zero-order chi connectivity index (χ0) is 9.31. The third-order valence-electron chi connectivity index (χ3n) is 2.40. The number of aromatic nitrogens is 1. The summed E-state index contributed by atoms with van der Waals surface area (Å²) >= 11 is 0. The van der Waals surface area contributed by atoms with Crippen molar-refractivity contribution in [2.45, 2.75) is 25.5 Å². The number of aliphatic hydroxyl groups is 1. The van der Waals surface area contributed by atoms with Gasteiger partial charge in [0.1, 0.15) is 0 Å². The molecule has 2 heterocycles. The third kappa shape index (κ3) is 2.08. The Hall–Kier alpha value is -0.870. The summed E-state index contributed by atoms with van der Waals surface area (Å²) in [6, 6.07) is 1.85. The minimum atomic E-state index is -0.528. The molecule has 1 fully saturated rings. The Morgan fingerprint density at radius 3 is 3.15 bits per heavy atom. The van der Waals surface area contributed by atoms with E-state index in [9.17, 15) is 5.11 Å². The topological polar surface area (TPSA) is 49.5 Å². The number of hydrogen-bond acceptors (Lipinski definition) is 4. The summed E-state index contributed by atoms with van der Waals surface area (Å²) in [5, 5.41) is 13.3. The SMILES string of the molecule is CC1(O)CCN(Cc2ccno2)C1. The van der Waals surface area contributed by atoms with E-state index in [1.165, 1.54) is 0 Å². The number of β-amino-alcohol motifs (C(OH)–C–C–N with tert-alkyl or cyclic N) is 1. The number of hydrogen-bond donors (Lipinski definition) is 1. The highest BCUT2D eigenvalue weighted by Gasteiger charge is 2.31. The Labute approximate surface area is 77.1 Å². The first kappa shape index (κ1) is 8.72. The molecule has 1 aliphatic heterocycles. The van der Waals surface area contributed by atoms with Crippen molar-refractivity contribution in [2.75, 3.05) is 13.1 Å². The van der Waals surface area contributed by atoms with Crippen molar-refractivity contribution in [3.63, 3.8) is 0 Å². The number of likely N-dealkylation sites (tertiary alicyclic amines) is 1. The molecule has 1 aromatic heterocycles. The first-order valence-corrected chi connectivity index (χ1v) is 4.50. The van der Waals surface area contributed by atoms with Crippen LogP contribution in [0.15, 0.2) is 16.8 Å². The molecule has 0 aliphatic carbocycles. The Bertz CT molecular complexity index is 269.